The van der Waals surface area contributed by atoms with Crippen molar-refractivity contribution < 1.29 is 36.9 Å². The Kier molecular flexibility index (Phi) is 8.24. The number of benzene rings is 5. The molecule has 5 nitrogen and oxygen atoms in total. The zero-order chi connectivity index (χ0) is 35.4. The Morgan fingerprint density at radius 1 is 0.720 bits per heavy atom. The molecular weight excluding hydrogens is 641 g/mol. The van der Waals surface area contributed by atoms with Gasteiger partial charge in [-0.25, -0.2) is 0 Å². The Labute approximate surface area is 290 Å². The molecule has 1 aliphatic carbocycles. The lowest BCUT2D eigenvalue weighted by atomic mass is 9.74. The van der Waals surface area contributed by atoms with E-state index in [0.717, 1.165) is 29.5 Å². The molecule has 2 aliphatic rings. The number of rotatable bonds is 9. The number of unbranched alkanes of at least 4 members (excludes halogenated alkanes) is 1. The number of halogens is 3. The third kappa shape index (κ3) is 5.15. The molecule has 0 fully saturated rings. The molecular formula is C42H39F3O5. The minimum Gasteiger partial charge on any atom is -0.497 e. The maximum Gasteiger partial charge on any atom is 0.417 e. The Balaban J connectivity index is 1.60. The Hall–Kier alpha value is -5.11. The van der Waals surface area contributed by atoms with Gasteiger partial charge in [0.25, 0.3) is 0 Å². The first-order valence-corrected chi connectivity index (χ1v) is 16.7. The summed E-state index contributed by atoms with van der Waals surface area (Å²) in [6.07, 6.45) is -1.63. The van der Waals surface area contributed by atoms with Gasteiger partial charge in [0, 0.05) is 27.5 Å². The van der Waals surface area contributed by atoms with Crippen LogP contribution in [0.5, 0.6) is 28.7 Å². The van der Waals surface area contributed by atoms with Gasteiger partial charge in [-0.05, 0) is 76.5 Å². The number of hydrogen-bond donors (Lipinski definition) is 0. The monoisotopic (exact) mass is 680 g/mol. The molecule has 8 heteroatoms. The average Bonchev–Trinajstić information content (AvgIpc) is 3.37. The van der Waals surface area contributed by atoms with Gasteiger partial charge >= 0.3 is 6.18 Å². The molecule has 0 bridgehead atoms. The zero-order valence-corrected chi connectivity index (χ0v) is 29.0. The number of hydrogen-bond acceptors (Lipinski definition) is 5. The SMILES string of the molecule is CCCCOc1ccc(C2(c3ccc(OC)cc3)C=C(C(F)(F)F)c3c4c(c5cc(OC)c(OC)cc5c3O2)-c2ccccc2C4(C)C)cc1. The molecule has 0 N–H and O–H groups in total. The molecule has 5 aromatic rings. The van der Waals surface area contributed by atoms with Crippen molar-refractivity contribution >= 4 is 16.3 Å². The van der Waals surface area contributed by atoms with Gasteiger partial charge in [-0.15, -0.1) is 0 Å². The number of fused-ring (bicyclic) bond motifs is 8. The van der Waals surface area contributed by atoms with Gasteiger partial charge in [-0.2, -0.15) is 13.2 Å². The average molecular weight is 681 g/mol. The highest BCUT2D eigenvalue weighted by Gasteiger charge is 2.52. The van der Waals surface area contributed by atoms with Crippen LogP contribution < -0.4 is 23.7 Å². The number of methoxy groups -OCH3 is 3. The van der Waals surface area contributed by atoms with Gasteiger partial charge in [0.1, 0.15) is 17.2 Å². The highest BCUT2D eigenvalue weighted by atomic mass is 19.4. The first kappa shape index (κ1) is 33.4. The molecule has 5 aromatic carbocycles. The number of ether oxygens (including phenoxy) is 5. The molecule has 0 aromatic heterocycles. The maximum absolute atomic E-state index is 15.9. The van der Waals surface area contributed by atoms with Crippen LogP contribution in [-0.2, 0) is 11.0 Å². The molecule has 0 spiro atoms. The molecule has 1 atom stereocenters. The van der Waals surface area contributed by atoms with Crippen molar-refractivity contribution in [2.24, 2.45) is 0 Å². The molecule has 0 amide bonds. The first-order valence-electron chi connectivity index (χ1n) is 16.7. The van der Waals surface area contributed by atoms with Crippen molar-refractivity contribution in [1.82, 2.24) is 0 Å². The van der Waals surface area contributed by atoms with E-state index in [4.69, 9.17) is 23.7 Å². The highest BCUT2D eigenvalue weighted by molar-refractivity contribution is 6.11. The van der Waals surface area contributed by atoms with Crippen molar-refractivity contribution in [2.75, 3.05) is 27.9 Å². The topological polar surface area (TPSA) is 46.2 Å². The lowest BCUT2D eigenvalue weighted by Gasteiger charge is -2.41. The second-order valence-corrected chi connectivity index (χ2v) is 13.2. The largest absolute Gasteiger partial charge is 0.497 e. The van der Waals surface area contributed by atoms with Crippen LogP contribution in [0.3, 0.4) is 0 Å². The van der Waals surface area contributed by atoms with Crippen molar-refractivity contribution in [3.05, 3.63) is 119 Å². The van der Waals surface area contributed by atoms with Gasteiger partial charge in [-0.3, -0.25) is 0 Å². The van der Waals surface area contributed by atoms with Crippen LogP contribution in [0.25, 0.3) is 27.5 Å². The molecule has 7 rings (SSSR count). The Morgan fingerprint density at radius 3 is 1.90 bits per heavy atom. The molecule has 1 heterocycles. The number of alkyl halides is 3. The van der Waals surface area contributed by atoms with Crippen LogP contribution >= 0.6 is 0 Å². The summed E-state index contributed by atoms with van der Waals surface area (Å²) in [6, 6.07) is 25.4. The fourth-order valence-electron chi connectivity index (χ4n) is 7.54. The van der Waals surface area contributed by atoms with Crippen molar-refractivity contribution in [3.8, 4) is 39.9 Å². The standard InChI is InChI=1S/C42H39F3O5/c1-7-8-21-49-28-19-15-26(16-20-28)41(25-13-17-27(46-4)18-14-25)24-33(42(43,44)45)37-38-36(29-11-9-10-12-32(29)40(38,2)3)30-22-34(47-5)35(48-6)23-31(30)39(37)50-41/h9-20,22-24H,7-8,21H2,1-6H3. The minimum absolute atomic E-state index is 0.0251. The third-order valence-electron chi connectivity index (χ3n) is 10.0. The van der Waals surface area contributed by atoms with Gasteiger partial charge in [-0.1, -0.05) is 75.7 Å². The number of allylic oxidation sites excluding steroid dienone is 1. The minimum atomic E-state index is -4.75. The van der Waals surface area contributed by atoms with E-state index in [0.29, 0.717) is 57.1 Å². The second-order valence-electron chi connectivity index (χ2n) is 13.2. The van der Waals surface area contributed by atoms with Crippen LogP contribution in [-0.4, -0.2) is 34.1 Å². The lowest BCUT2D eigenvalue weighted by Crippen LogP contribution is -2.38. The summed E-state index contributed by atoms with van der Waals surface area (Å²) < 4.78 is 77.5. The highest BCUT2D eigenvalue weighted by Crippen LogP contribution is 2.62. The van der Waals surface area contributed by atoms with Crippen LogP contribution in [0.4, 0.5) is 13.2 Å². The summed E-state index contributed by atoms with van der Waals surface area (Å²) in [5.41, 5.74) is 0.884. The van der Waals surface area contributed by atoms with E-state index in [1.165, 1.54) is 13.2 Å². The van der Waals surface area contributed by atoms with Crippen molar-refractivity contribution in [3.63, 3.8) is 0 Å². The molecule has 0 saturated carbocycles. The van der Waals surface area contributed by atoms with E-state index in [9.17, 15) is 0 Å². The lowest BCUT2D eigenvalue weighted by molar-refractivity contribution is -0.0709. The fourth-order valence-corrected chi connectivity index (χ4v) is 7.54. The zero-order valence-electron chi connectivity index (χ0n) is 29.0. The van der Waals surface area contributed by atoms with Crippen molar-refractivity contribution in [2.45, 2.75) is 50.8 Å². The van der Waals surface area contributed by atoms with E-state index >= 15 is 13.2 Å². The first-order chi connectivity index (χ1) is 24.0. The second kappa shape index (κ2) is 12.3. The predicted octanol–water partition coefficient (Wildman–Crippen LogP) is 10.6. The third-order valence-corrected chi connectivity index (χ3v) is 10.0. The summed E-state index contributed by atoms with van der Waals surface area (Å²) in [5, 5.41) is 1.19. The van der Waals surface area contributed by atoms with E-state index in [1.807, 2.05) is 44.2 Å². The van der Waals surface area contributed by atoms with Gasteiger partial charge < -0.3 is 23.7 Å². The van der Waals surface area contributed by atoms with E-state index in [-0.39, 0.29) is 11.3 Å². The summed E-state index contributed by atoms with van der Waals surface area (Å²) in [5.74, 6) is 2.16. The van der Waals surface area contributed by atoms with E-state index in [1.54, 1.807) is 68.8 Å². The van der Waals surface area contributed by atoms with Crippen molar-refractivity contribution in [1.29, 1.82) is 0 Å². The van der Waals surface area contributed by atoms with Gasteiger partial charge in [0.05, 0.1) is 33.5 Å². The van der Waals surface area contributed by atoms with Crippen LogP contribution in [0.1, 0.15) is 61.4 Å². The van der Waals surface area contributed by atoms with Gasteiger partial charge in [0.2, 0.25) is 0 Å². The summed E-state index contributed by atoms with van der Waals surface area (Å²) in [7, 11) is 4.60. The molecule has 258 valence electrons. The Bertz CT molecular complexity index is 2110. The fraction of sp³-hybridized carbons (Fsp3) is 0.286. The van der Waals surface area contributed by atoms with Crippen LogP contribution in [0.2, 0.25) is 0 Å². The smallest absolute Gasteiger partial charge is 0.417 e. The predicted molar refractivity (Wildman–Crippen MR) is 190 cm³/mol. The van der Waals surface area contributed by atoms with Gasteiger partial charge in [0.15, 0.2) is 17.1 Å². The van der Waals surface area contributed by atoms with E-state index < -0.39 is 22.8 Å². The summed E-state index contributed by atoms with van der Waals surface area (Å²) in [4.78, 5) is 0. The molecule has 1 unspecified atom stereocenters. The molecule has 0 saturated heterocycles. The maximum atomic E-state index is 15.9. The molecule has 1 aliphatic heterocycles. The van der Waals surface area contributed by atoms with E-state index in [2.05, 4.69) is 6.92 Å². The van der Waals surface area contributed by atoms with Crippen LogP contribution in [0, 0.1) is 0 Å². The summed E-state index contributed by atoms with van der Waals surface area (Å²) in [6.45, 7) is 6.57. The quantitative estimate of drug-likeness (QED) is 0.145. The summed E-state index contributed by atoms with van der Waals surface area (Å²) >= 11 is 0. The Morgan fingerprint density at radius 2 is 1.32 bits per heavy atom. The molecule has 0 radical (unpaired) electrons. The van der Waals surface area contributed by atoms with Crippen LogP contribution in [0.15, 0.2) is 91.0 Å². The molecule has 50 heavy (non-hydrogen) atoms. The normalized spacial score (nSPS) is 17.3.